The predicted molar refractivity (Wildman–Crippen MR) is 71.9 cm³/mol. The number of carbonyl (C=O) groups is 1. The van der Waals surface area contributed by atoms with E-state index in [2.05, 4.69) is 23.8 Å². The third-order valence-corrected chi connectivity index (χ3v) is 6.02. The lowest BCUT2D eigenvalue weighted by Crippen LogP contribution is -2.54. The Kier molecular flexibility index (Phi) is 4.17. The summed E-state index contributed by atoms with van der Waals surface area (Å²) in [4.78, 5) is 15.3. The van der Waals surface area contributed by atoms with Crippen LogP contribution in [0, 0.1) is 0 Å². The summed E-state index contributed by atoms with van der Waals surface area (Å²) in [6.45, 7) is 3.50. The van der Waals surface area contributed by atoms with Crippen molar-refractivity contribution in [3.8, 4) is 0 Å². The number of hydrogen-bond donors (Lipinski definition) is 1. The van der Waals surface area contributed by atoms with Gasteiger partial charge in [-0.3, -0.25) is 9.69 Å². The quantitative estimate of drug-likeness (QED) is 0.766. The van der Waals surface area contributed by atoms with Gasteiger partial charge in [0.2, 0.25) is 0 Å². The Morgan fingerprint density at radius 3 is 2.63 bits per heavy atom. The fourth-order valence-electron chi connectivity index (χ4n) is 3.16. The number of likely N-dealkylation sites (N-methyl/N-ethyl adjacent to an activating group) is 1. The number of sulfone groups is 1. The van der Waals surface area contributed by atoms with E-state index in [0.29, 0.717) is 12.6 Å². The molecule has 19 heavy (non-hydrogen) atoms. The van der Waals surface area contributed by atoms with E-state index in [9.17, 15) is 13.2 Å². The summed E-state index contributed by atoms with van der Waals surface area (Å²) < 4.78 is 23.4. The van der Waals surface area contributed by atoms with Gasteiger partial charge >= 0.3 is 5.97 Å². The van der Waals surface area contributed by atoms with Gasteiger partial charge in [-0.2, -0.15) is 0 Å². The molecule has 0 aromatic carbocycles. The molecule has 2 heterocycles. The Bertz CT molecular complexity index is 441. The normalized spacial score (nSPS) is 36.4. The summed E-state index contributed by atoms with van der Waals surface area (Å²) in [5, 5.41) is 8.97. The Labute approximate surface area is 114 Å². The third kappa shape index (κ3) is 3.46. The zero-order valence-corrected chi connectivity index (χ0v) is 12.3. The Balaban J connectivity index is 2.11. The van der Waals surface area contributed by atoms with E-state index in [1.54, 1.807) is 0 Å². The summed E-state index contributed by atoms with van der Waals surface area (Å²) in [5.41, 5.74) is 0. The number of rotatable bonds is 3. The van der Waals surface area contributed by atoms with Crippen molar-refractivity contribution in [1.29, 1.82) is 0 Å². The summed E-state index contributed by atoms with van der Waals surface area (Å²) in [5.74, 6) is -0.794. The summed E-state index contributed by atoms with van der Waals surface area (Å²) in [6, 6.07) is 0.369. The van der Waals surface area contributed by atoms with Crippen molar-refractivity contribution in [3.05, 3.63) is 0 Å². The van der Waals surface area contributed by atoms with E-state index in [1.165, 1.54) is 0 Å². The van der Waals surface area contributed by atoms with Gasteiger partial charge in [0.05, 0.1) is 17.9 Å². The van der Waals surface area contributed by atoms with E-state index in [4.69, 9.17) is 5.11 Å². The first kappa shape index (κ1) is 14.7. The molecule has 2 aliphatic heterocycles. The van der Waals surface area contributed by atoms with Crippen LogP contribution in [0.2, 0.25) is 0 Å². The molecule has 3 unspecified atom stereocenters. The molecule has 0 aliphatic carbocycles. The molecule has 3 atom stereocenters. The standard InChI is InChI=1S/C12H22N2O4S/c1-9-5-10(7-13(9)2)14-3-4-19(17,18)8-11(14)6-12(15)16/h9-11H,3-8H2,1-2H3,(H,15,16). The molecule has 2 rings (SSSR count). The molecular formula is C12H22N2O4S. The van der Waals surface area contributed by atoms with E-state index in [-0.39, 0.29) is 30.0 Å². The summed E-state index contributed by atoms with van der Waals surface area (Å²) >= 11 is 0. The van der Waals surface area contributed by atoms with Crippen LogP contribution in [0.15, 0.2) is 0 Å². The van der Waals surface area contributed by atoms with Crippen LogP contribution in [-0.2, 0) is 14.6 Å². The molecule has 0 radical (unpaired) electrons. The summed E-state index contributed by atoms with van der Waals surface area (Å²) in [6.07, 6.45) is 0.889. The van der Waals surface area contributed by atoms with Crippen molar-refractivity contribution in [1.82, 2.24) is 9.80 Å². The van der Waals surface area contributed by atoms with Crippen LogP contribution in [0.5, 0.6) is 0 Å². The van der Waals surface area contributed by atoms with Crippen LogP contribution < -0.4 is 0 Å². The highest BCUT2D eigenvalue weighted by Crippen LogP contribution is 2.26. The molecule has 2 aliphatic rings. The highest BCUT2D eigenvalue weighted by atomic mass is 32.2. The van der Waals surface area contributed by atoms with Gasteiger partial charge in [0, 0.05) is 31.2 Å². The van der Waals surface area contributed by atoms with Crippen LogP contribution in [-0.4, -0.2) is 79.1 Å². The van der Waals surface area contributed by atoms with Crippen LogP contribution in [0.1, 0.15) is 19.8 Å². The Morgan fingerprint density at radius 2 is 2.11 bits per heavy atom. The van der Waals surface area contributed by atoms with Crippen molar-refractivity contribution < 1.29 is 18.3 Å². The number of hydrogen-bond acceptors (Lipinski definition) is 5. The van der Waals surface area contributed by atoms with Crippen LogP contribution in [0.3, 0.4) is 0 Å². The van der Waals surface area contributed by atoms with Gasteiger partial charge in [0.15, 0.2) is 9.84 Å². The second-order valence-electron chi connectivity index (χ2n) is 5.78. The minimum Gasteiger partial charge on any atom is -0.481 e. The van der Waals surface area contributed by atoms with Crippen molar-refractivity contribution in [3.63, 3.8) is 0 Å². The average molecular weight is 290 g/mol. The highest BCUT2D eigenvalue weighted by Gasteiger charge is 2.39. The topological polar surface area (TPSA) is 77.9 Å². The lowest BCUT2D eigenvalue weighted by molar-refractivity contribution is -0.138. The van der Waals surface area contributed by atoms with Crippen LogP contribution >= 0.6 is 0 Å². The molecule has 2 saturated heterocycles. The number of carboxylic acids is 1. The van der Waals surface area contributed by atoms with Crippen molar-refractivity contribution >= 4 is 15.8 Å². The number of nitrogens with zero attached hydrogens (tertiary/aromatic N) is 2. The second-order valence-corrected chi connectivity index (χ2v) is 8.01. The maximum absolute atomic E-state index is 11.7. The maximum Gasteiger partial charge on any atom is 0.304 e. The number of likely N-dealkylation sites (tertiary alicyclic amines) is 1. The first-order valence-electron chi connectivity index (χ1n) is 6.66. The second kappa shape index (κ2) is 5.38. The lowest BCUT2D eigenvalue weighted by atomic mass is 10.1. The SMILES string of the molecule is CC1CC(N2CCS(=O)(=O)CC2CC(=O)O)CN1C. The van der Waals surface area contributed by atoms with Gasteiger partial charge in [-0.1, -0.05) is 0 Å². The van der Waals surface area contributed by atoms with Gasteiger partial charge in [0.25, 0.3) is 0 Å². The molecule has 0 bridgehead atoms. The van der Waals surface area contributed by atoms with Crippen LogP contribution in [0.4, 0.5) is 0 Å². The molecule has 0 saturated carbocycles. The van der Waals surface area contributed by atoms with E-state index < -0.39 is 15.8 Å². The lowest BCUT2D eigenvalue weighted by Gasteiger charge is -2.38. The first-order valence-corrected chi connectivity index (χ1v) is 8.49. The van der Waals surface area contributed by atoms with Gasteiger partial charge in [-0.25, -0.2) is 8.42 Å². The minimum absolute atomic E-state index is 0.0199. The third-order valence-electron chi connectivity index (χ3n) is 4.32. The molecule has 0 aromatic rings. The van der Waals surface area contributed by atoms with Crippen LogP contribution in [0.25, 0.3) is 0 Å². The maximum atomic E-state index is 11.7. The molecule has 0 spiro atoms. The fourth-order valence-corrected chi connectivity index (χ4v) is 4.71. The predicted octanol–water partition coefficient (Wildman–Crippen LogP) is -0.347. The average Bonchev–Trinajstić information content (AvgIpc) is 2.56. The first-order chi connectivity index (χ1) is 8.78. The highest BCUT2D eigenvalue weighted by molar-refractivity contribution is 7.91. The zero-order valence-electron chi connectivity index (χ0n) is 11.4. The fraction of sp³-hybridized carbons (Fsp3) is 0.917. The zero-order chi connectivity index (χ0) is 14.2. The molecular weight excluding hydrogens is 268 g/mol. The van der Waals surface area contributed by atoms with Gasteiger partial charge in [-0.05, 0) is 20.4 Å². The molecule has 0 aromatic heterocycles. The van der Waals surface area contributed by atoms with Gasteiger partial charge in [0.1, 0.15) is 0 Å². The van der Waals surface area contributed by atoms with E-state index in [1.807, 2.05) is 0 Å². The molecule has 110 valence electrons. The minimum atomic E-state index is -3.09. The monoisotopic (exact) mass is 290 g/mol. The molecule has 1 N–H and O–H groups in total. The van der Waals surface area contributed by atoms with Crippen molar-refractivity contribution in [2.45, 2.75) is 37.9 Å². The summed E-state index contributed by atoms with van der Waals surface area (Å²) in [7, 11) is -1.03. The Hall–Kier alpha value is -0.660. The smallest absolute Gasteiger partial charge is 0.304 e. The van der Waals surface area contributed by atoms with Crippen molar-refractivity contribution in [2.24, 2.45) is 0 Å². The van der Waals surface area contributed by atoms with E-state index in [0.717, 1.165) is 13.0 Å². The Morgan fingerprint density at radius 1 is 1.42 bits per heavy atom. The molecule has 2 fully saturated rings. The molecule has 0 amide bonds. The number of aliphatic carboxylic acids is 1. The molecule has 7 heteroatoms. The number of carboxylic acid groups (broad SMARTS) is 1. The van der Waals surface area contributed by atoms with Gasteiger partial charge in [-0.15, -0.1) is 0 Å². The van der Waals surface area contributed by atoms with Crippen molar-refractivity contribution in [2.75, 3.05) is 31.6 Å². The largest absolute Gasteiger partial charge is 0.481 e. The van der Waals surface area contributed by atoms with E-state index >= 15 is 0 Å². The van der Waals surface area contributed by atoms with Gasteiger partial charge < -0.3 is 10.0 Å². The molecule has 6 nitrogen and oxygen atoms in total.